The summed E-state index contributed by atoms with van der Waals surface area (Å²) in [7, 11) is 2.78. The molecule has 0 aliphatic heterocycles. The Kier molecular flexibility index (Phi) is 2.76. The second-order valence-corrected chi connectivity index (χ2v) is 2.52. The Hall–Kier alpha value is -1.98. The monoisotopic (exact) mass is 198 g/mol. The summed E-state index contributed by atoms with van der Waals surface area (Å²) in [6, 6.07) is 2.79. The molecular formula is C8H10N2O4. The van der Waals surface area contributed by atoms with Gasteiger partial charge in [0.05, 0.1) is 19.1 Å². The zero-order valence-electron chi connectivity index (χ0n) is 7.81. The number of hydrogen-bond donors (Lipinski definition) is 1. The maximum atomic E-state index is 10.6. The molecule has 0 aliphatic carbocycles. The molecule has 76 valence electrons. The Balaban J connectivity index is 3.34. The van der Waals surface area contributed by atoms with Crippen molar-refractivity contribution in [3.05, 3.63) is 22.2 Å². The predicted molar refractivity (Wildman–Crippen MR) is 50.6 cm³/mol. The van der Waals surface area contributed by atoms with E-state index in [0.29, 0.717) is 5.75 Å². The van der Waals surface area contributed by atoms with Crippen LogP contribution in [-0.2, 0) is 0 Å². The third-order valence-corrected chi connectivity index (χ3v) is 1.72. The van der Waals surface area contributed by atoms with Gasteiger partial charge in [0.15, 0.2) is 0 Å². The topological polar surface area (TPSA) is 87.6 Å². The van der Waals surface area contributed by atoms with Crippen LogP contribution < -0.4 is 15.2 Å². The molecule has 0 bridgehead atoms. The van der Waals surface area contributed by atoms with Gasteiger partial charge in [-0.25, -0.2) is 0 Å². The summed E-state index contributed by atoms with van der Waals surface area (Å²) in [4.78, 5) is 10.0. The molecular weight excluding hydrogens is 188 g/mol. The number of nitrogen functional groups attached to an aromatic ring is 1. The van der Waals surface area contributed by atoms with E-state index in [4.69, 9.17) is 15.2 Å². The van der Waals surface area contributed by atoms with Gasteiger partial charge in [0.1, 0.15) is 11.4 Å². The predicted octanol–water partition coefficient (Wildman–Crippen LogP) is 1.19. The Morgan fingerprint density at radius 1 is 1.36 bits per heavy atom. The molecule has 0 aromatic heterocycles. The minimum atomic E-state index is -0.590. The van der Waals surface area contributed by atoms with Crippen LogP contribution in [0.2, 0.25) is 0 Å². The molecule has 0 heterocycles. The van der Waals surface area contributed by atoms with Gasteiger partial charge in [0.2, 0.25) is 5.75 Å². The molecule has 0 unspecified atom stereocenters. The molecule has 1 aromatic rings. The average Bonchev–Trinajstić information content (AvgIpc) is 2.15. The number of nitrogens with two attached hydrogens (primary N) is 1. The molecule has 0 radical (unpaired) electrons. The van der Waals surface area contributed by atoms with Gasteiger partial charge >= 0.3 is 5.69 Å². The first-order valence-corrected chi connectivity index (χ1v) is 3.76. The van der Waals surface area contributed by atoms with E-state index in [1.165, 1.54) is 26.4 Å². The molecule has 0 atom stereocenters. The second kappa shape index (κ2) is 3.82. The molecule has 0 saturated heterocycles. The first-order valence-electron chi connectivity index (χ1n) is 3.76. The summed E-state index contributed by atoms with van der Waals surface area (Å²) in [5.41, 5.74) is 5.25. The van der Waals surface area contributed by atoms with Crippen LogP contribution >= 0.6 is 0 Å². The summed E-state index contributed by atoms with van der Waals surface area (Å²) in [5.74, 6) is 0.511. The van der Waals surface area contributed by atoms with Crippen molar-refractivity contribution in [3.8, 4) is 11.5 Å². The standard InChI is InChI=1S/C8H10N2O4/c1-13-5-3-6(9)8(10(11)12)7(4-5)14-2/h3-4H,9H2,1-2H3. The highest BCUT2D eigenvalue weighted by molar-refractivity contribution is 5.68. The van der Waals surface area contributed by atoms with Crippen LogP contribution in [0.1, 0.15) is 0 Å². The lowest BCUT2D eigenvalue weighted by atomic mass is 10.2. The Bertz CT molecular complexity index is 365. The lowest BCUT2D eigenvalue weighted by Gasteiger charge is -2.06. The summed E-state index contributed by atoms with van der Waals surface area (Å²) < 4.78 is 9.72. The van der Waals surface area contributed by atoms with Gasteiger partial charge in [0, 0.05) is 12.1 Å². The van der Waals surface area contributed by atoms with Gasteiger partial charge in [-0.15, -0.1) is 0 Å². The quantitative estimate of drug-likeness (QED) is 0.447. The van der Waals surface area contributed by atoms with Gasteiger partial charge in [-0.2, -0.15) is 0 Å². The highest BCUT2D eigenvalue weighted by atomic mass is 16.6. The number of methoxy groups -OCH3 is 2. The highest BCUT2D eigenvalue weighted by Gasteiger charge is 2.20. The van der Waals surface area contributed by atoms with Gasteiger partial charge in [-0.1, -0.05) is 0 Å². The third kappa shape index (κ3) is 1.68. The first kappa shape index (κ1) is 10.1. The normalized spacial score (nSPS) is 9.57. The number of nitro benzene ring substituents is 1. The Morgan fingerprint density at radius 2 is 2.00 bits per heavy atom. The molecule has 1 rings (SSSR count). The molecule has 14 heavy (non-hydrogen) atoms. The van der Waals surface area contributed by atoms with Gasteiger partial charge in [-0.05, 0) is 0 Å². The van der Waals surface area contributed by atoms with Crippen molar-refractivity contribution in [2.45, 2.75) is 0 Å². The van der Waals surface area contributed by atoms with Crippen LogP contribution in [0.15, 0.2) is 12.1 Å². The Labute approximate surface area is 80.4 Å². The molecule has 1 aromatic carbocycles. The van der Waals surface area contributed by atoms with Crippen LogP contribution in [-0.4, -0.2) is 19.1 Å². The van der Waals surface area contributed by atoms with Gasteiger partial charge < -0.3 is 15.2 Å². The van der Waals surface area contributed by atoms with Crippen LogP contribution in [0.3, 0.4) is 0 Å². The lowest BCUT2D eigenvalue weighted by molar-refractivity contribution is -0.384. The zero-order chi connectivity index (χ0) is 10.7. The number of anilines is 1. The smallest absolute Gasteiger partial charge is 0.333 e. The molecule has 0 fully saturated rings. The van der Waals surface area contributed by atoms with E-state index in [1.54, 1.807) is 0 Å². The van der Waals surface area contributed by atoms with E-state index in [0.717, 1.165) is 0 Å². The molecule has 0 saturated carbocycles. The molecule has 0 aliphatic rings. The van der Waals surface area contributed by atoms with Crippen molar-refractivity contribution in [1.29, 1.82) is 0 Å². The molecule has 6 nitrogen and oxygen atoms in total. The largest absolute Gasteiger partial charge is 0.497 e. The minimum Gasteiger partial charge on any atom is -0.497 e. The lowest BCUT2D eigenvalue weighted by Crippen LogP contribution is -1.99. The highest BCUT2D eigenvalue weighted by Crippen LogP contribution is 2.36. The summed E-state index contributed by atoms with van der Waals surface area (Å²) >= 11 is 0. The molecule has 2 N–H and O–H groups in total. The molecule has 6 heteroatoms. The minimum absolute atomic E-state index is 0.0196. The fourth-order valence-electron chi connectivity index (χ4n) is 1.07. The summed E-state index contributed by atoms with van der Waals surface area (Å²) in [5, 5.41) is 10.6. The van der Waals surface area contributed by atoms with E-state index >= 15 is 0 Å². The Morgan fingerprint density at radius 3 is 2.43 bits per heavy atom. The summed E-state index contributed by atoms with van der Waals surface area (Å²) in [6.07, 6.45) is 0. The number of hydrogen-bond acceptors (Lipinski definition) is 5. The van der Waals surface area contributed by atoms with Gasteiger partial charge in [0.25, 0.3) is 0 Å². The number of nitrogens with zero attached hydrogens (tertiary/aromatic N) is 1. The van der Waals surface area contributed by atoms with E-state index in [2.05, 4.69) is 0 Å². The van der Waals surface area contributed by atoms with Crippen molar-refractivity contribution in [2.24, 2.45) is 0 Å². The third-order valence-electron chi connectivity index (χ3n) is 1.72. The van der Waals surface area contributed by atoms with Crippen molar-refractivity contribution in [2.75, 3.05) is 20.0 Å². The number of ether oxygens (including phenoxy) is 2. The number of benzene rings is 1. The summed E-state index contributed by atoms with van der Waals surface area (Å²) in [6.45, 7) is 0. The molecule has 0 spiro atoms. The first-order chi connectivity index (χ1) is 6.60. The van der Waals surface area contributed by atoms with Crippen molar-refractivity contribution in [3.63, 3.8) is 0 Å². The average molecular weight is 198 g/mol. The fraction of sp³-hybridized carbons (Fsp3) is 0.250. The van der Waals surface area contributed by atoms with Crippen molar-refractivity contribution in [1.82, 2.24) is 0 Å². The van der Waals surface area contributed by atoms with Crippen LogP contribution in [0.25, 0.3) is 0 Å². The van der Waals surface area contributed by atoms with Crippen LogP contribution in [0, 0.1) is 10.1 Å². The van der Waals surface area contributed by atoms with E-state index in [9.17, 15) is 10.1 Å². The maximum Gasteiger partial charge on any atom is 0.333 e. The van der Waals surface area contributed by atoms with Crippen molar-refractivity contribution < 1.29 is 14.4 Å². The SMILES string of the molecule is COc1cc(N)c([N+](=O)[O-])c(OC)c1. The second-order valence-electron chi connectivity index (χ2n) is 2.52. The molecule has 0 amide bonds. The van der Waals surface area contributed by atoms with Crippen LogP contribution in [0.4, 0.5) is 11.4 Å². The van der Waals surface area contributed by atoms with E-state index in [-0.39, 0.29) is 17.1 Å². The van der Waals surface area contributed by atoms with E-state index in [1.807, 2.05) is 0 Å². The van der Waals surface area contributed by atoms with Crippen molar-refractivity contribution >= 4 is 11.4 Å². The van der Waals surface area contributed by atoms with E-state index < -0.39 is 4.92 Å². The zero-order valence-corrected chi connectivity index (χ0v) is 7.81. The number of rotatable bonds is 3. The maximum absolute atomic E-state index is 10.6. The van der Waals surface area contributed by atoms with Crippen LogP contribution in [0.5, 0.6) is 11.5 Å². The fourth-order valence-corrected chi connectivity index (χ4v) is 1.07. The number of nitro groups is 1. The van der Waals surface area contributed by atoms with Gasteiger partial charge in [-0.3, -0.25) is 10.1 Å².